The predicted molar refractivity (Wildman–Crippen MR) is 89.2 cm³/mol. The molecule has 3 N–H and O–H groups in total. The highest BCUT2D eigenvalue weighted by atomic mass is 35.5. The standard InChI is InChI=1S/C14H15Cl2N5O/c15-9-5-10(16)7-11(6-9)20-13-12(17)14(19-8-18-13)21-1-3-22-4-2-21/h5-8H,1-4,17H2,(H,18,19,20). The largest absolute Gasteiger partial charge is 0.393 e. The van der Waals surface area contributed by atoms with Gasteiger partial charge in [0.25, 0.3) is 0 Å². The molecule has 22 heavy (non-hydrogen) atoms. The van der Waals surface area contributed by atoms with E-state index in [2.05, 4.69) is 20.2 Å². The second-order valence-electron chi connectivity index (χ2n) is 4.84. The molecule has 6 nitrogen and oxygen atoms in total. The summed E-state index contributed by atoms with van der Waals surface area (Å²) in [4.78, 5) is 10.6. The fraction of sp³-hybridized carbons (Fsp3) is 0.286. The van der Waals surface area contributed by atoms with E-state index in [4.69, 9.17) is 33.7 Å². The Hall–Kier alpha value is -1.76. The molecule has 0 bridgehead atoms. The van der Waals surface area contributed by atoms with Crippen LogP contribution in [0, 0.1) is 0 Å². The Balaban J connectivity index is 1.87. The maximum atomic E-state index is 6.20. The molecule has 1 aromatic carbocycles. The fourth-order valence-electron chi connectivity index (χ4n) is 2.28. The van der Waals surface area contributed by atoms with Crippen molar-refractivity contribution >= 4 is 46.2 Å². The molecule has 0 unspecified atom stereocenters. The Kier molecular flexibility index (Phi) is 4.52. The van der Waals surface area contributed by atoms with E-state index in [0.29, 0.717) is 40.6 Å². The van der Waals surface area contributed by atoms with Crippen LogP contribution in [-0.2, 0) is 4.74 Å². The van der Waals surface area contributed by atoms with Gasteiger partial charge in [0.1, 0.15) is 12.0 Å². The minimum absolute atomic E-state index is 0.487. The van der Waals surface area contributed by atoms with Crippen molar-refractivity contribution in [2.24, 2.45) is 0 Å². The van der Waals surface area contributed by atoms with Crippen molar-refractivity contribution in [1.29, 1.82) is 0 Å². The SMILES string of the molecule is Nc1c(Nc2cc(Cl)cc(Cl)c2)ncnc1N1CCOCC1. The van der Waals surface area contributed by atoms with Crippen molar-refractivity contribution in [1.82, 2.24) is 9.97 Å². The summed E-state index contributed by atoms with van der Waals surface area (Å²) in [6.07, 6.45) is 1.48. The van der Waals surface area contributed by atoms with Crippen LogP contribution in [-0.4, -0.2) is 36.3 Å². The van der Waals surface area contributed by atoms with Crippen LogP contribution in [0.5, 0.6) is 0 Å². The summed E-state index contributed by atoms with van der Waals surface area (Å²) >= 11 is 12.0. The predicted octanol–water partition coefficient (Wildman–Crippen LogP) is 2.95. The van der Waals surface area contributed by atoms with Crippen LogP contribution in [0.1, 0.15) is 0 Å². The number of halogens is 2. The van der Waals surface area contributed by atoms with E-state index in [9.17, 15) is 0 Å². The Morgan fingerprint density at radius 2 is 1.77 bits per heavy atom. The van der Waals surface area contributed by atoms with Gasteiger partial charge in [0.2, 0.25) is 0 Å². The van der Waals surface area contributed by atoms with Gasteiger partial charge in [-0.15, -0.1) is 0 Å². The smallest absolute Gasteiger partial charge is 0.159 e. The number of hydrogen-bond donors (Lipinski definition) is 2. The molecule has 8 heteroatoms. The summed E-state index contributed by atoms with van der Waals surface area (Å²) in [6, 6.07) is 5.17. The number of ether oxygens (including phenoxy) is 1. The van der Waals surface area contributed by atoms with Crippen LogP contribution in [0.4, 0.5) is 23.0 Å². The average Bonchev–Trinajstić information content (AvgIpc) is 2.49. The first-order chi connectivity index (χ1) is 10.6. The quantitative estimate of drug-likeness (QED) is 0.895. The van der Waals surface area contributed by atoms with Gasteiger partial charge in [0.05, 0.1) is 13.2 Å². The second-order valence-corrected chi connectivity index (χ2v) is 5.71. The lowest BCUT2D eigenvalue weighted by molar-refractivity contribution is 0.122. The second kappa shape index (κ2) is 6.56. The first kappa shape index (κ1) is 15.1. The summed E-state index contributed by atoms with van der Waals surface area (Å²) < 4.78 is 5.34. The number of nitrogens with two attached hydrogens (primary N) is 1. The summed E-state index contributed by atoms with van der Waals surface area (Å²) in [5.74, 6) is 1.23. The van der Waals surface area contributed by atoms with Crippen LogP contribution in [0.25, 0.3) is 0 Å². The third-order valence-electron chi connectivity index (χ3n) is 3.30. The van der Waals surface area contributed by atoms with E-state index in [-0.39, 0.29) is 0 Å². The first-order valence-corrected chi connectivity index (χ1v) is 7.55. The van der Waals surface area contributed by atoms with E-state index in [1.807, 2.05) is 0 Å². The summed E-state index contributed by atoms with van der Waals surface area (Å²) in [5.41, 5.74) is 7.41. The highest BCUT2D eigenvalue weighted by Crippen LogP contribution is 2.30. The molecule has 1 aliphatic heterocycles. The molecule has 1 aromatic heterocycles. The highest BCUT2D eigenvalue weighted by Gasteiger charge is 2.17. The minimum Gasteiger partial charge on any atom is -0.393 e. The Morgan fingerprint density at radius 1 is 1.09 bits per heavy atom. The van der Waals surface area contributed by atoms with E-state index in [0.717, 1.165) is 18.8 Å². The van der Waals surface area contributed by atoms with Crippen LogP contribution >= 0.6 is 23.2 Å². The van der Waals surface area contributed by atoms with Crippen LogP contribution in [0.15, 0.2) is 24.5 Å². The summed E-state index contributed by atoms with van der Waals surface area (Å²) in [6.45, 7) is 2.83. The molecule has 0 spiro atoms. The number of anilines is 4. The zero-order chi connectivity index (χ0) is 15.5. The third kappa shape index (κ3) is 3.35. The molecule has 0 amide bonds. The van der Waals surface area contributed by atoms with Crippen LogP contribution in [0.3, 0.4) is 0 Å². The van der Waals surface area contributed by atoms with Gasteiger partial charge in [-0.25, -0.2) is 9.97 Å². The van der Waals surface area contributed by atoms with Crippen molar-refractivity contribution in [2.45, 2.75) is 0 Å². The lowest BCUT2D eigenvalue weighted by atomic mass is 10.3. The molecule has 0 atom stereocenters. The highest BCUT2D eigenvalue weighted by molar-refractivity contribution is 6.35. The maximum absolute atomic E-state index is 6.20. The normalized spacial score (nSPS) is 14.9. The van der Waals surface area contributed by atoms with Crippen molar-refractivity contribution in [3.63, 3.8) is 0 Å². The molecule has 2 heterocycles. The average molecular weight is 340 g/mol. The Morgan fingerprint density at radius 3 is 2.45 bits per heavy atom. The monoisotopic (exact) mass is 339 g/mol. The van der Waals surface area contributed by atoms with E-state index in [1.54, 1.807) is 18.2 Å². The number of hydrogen-bond acceptors (Lipinski definition) is 6. The van der Waals surface area contributed by atoms with Gasteiger partial charge < -0.3 is 20.7 Å². The fourth-order valence-corrected chi connectivity index (χ4v) is 2.80. The van der Waals surface area contributed by atoms with Gasteiger partial charge in [-0.1, -0.05) is 23.2 Å². The number of morpholine rings is 1. The number of nitrogens with zero attached hydrogens (tertiary/aromatic N) is 3. The van der Waals surface area contributed by atoms with Gasteiger partial charge in [0.15, 0.2) is 11.6 Å². The van der Waals surface area contributed by atoms with E-state index < -0.39 is 0 Å². The molecule has 3 rings (SSSR count). The van der Waals surface area contributed by atoms with Crippen molar-refractivity contribution < 1.29 is 4.74 Å². The lowest BCUT2D eigenvalue weighted by Gasteiger charge is -2.29. The zero-order valence-electron chi connectivity index (χ0n) is 11.7. The van der Waals surface area contributed by atoms with Gasteiger partial charge in [-0.05, 0) is 18.2 Å². The minimum atomic E-state index is 0.487. The number of benzene rings is 1. The Bertz CT molecular complexity index is 656. The van der Waals surface area contributed by atoms with Gasteiger partial charge in [-0.3, -0.25) is 0 Å². The topological polar surface area (TPSA) is 76.3 Å². The van der Waals surface area contributed by atoms with Crippen molar-refractivity contribution in [3.05, 3.63) is 34.6 Å². The number of nitrogens with one attached hydrogen (secondary N) is 1. The molecule has 1 aliphatic rings. The first-order valence-electron chi connectivity index (χ1n) is 6.80. The van der Waals surface area contributed by atoms with Crippen molar-refractivity contribution in [3.8, 4) is 0 Å². The van der Waals surface area contributed by atoms with Gasteiger partial charge >= 0.3 is 0 Å². The zero-order valence-corrected chi connectivity index (χ0v) is 13.2. The van der Waals surface area contributed by atoms with Crippen LogP contribution in [0.2, 0.25) is 10.0 Å². The lowest BCUT2D eigenvalue weighted by Crippen LogP contribution is -2.37. The molecular weight excluding hydrogens is 325 g/mol. The molecular formula is C14H15Cl2N5O. The number of rotatable bonds is 3. The molecule has 0 saturated carbocycles. The number of nitrogen functional groups attached to an aromatic ring is 1. The third-order valence-corrected chi connectivity index (χ3v) is 3.74. The summed E-state index contributed by atoms with van der Waals surface area (Å²) in [7, 11) is 0. The molecule has 2 aromatic rings. The molecule has 0 radical (unpaired) electrons. The molecule has 0 aliphatic carbocycles. The maximum Gasteiger partial charge on any atom is 0.159 e. The van der Waals surface area contributed by atoms with E-state index >= 15 is 0 Å². The summed E-state index contributed by atoms with van der Waals surface area (Å²) in [5, 5.41) is 4.21. The molecule has 1 saturated heterocycles. The molecule has 116 valence electrons. The van der Waals surface area contributed by atoms with Crippen LogP contribution < -0.4 is 16.0 Å². The molecule has 1 fully saturated rings. The van der Waals surface area contributed by atoms with E-state index in [1.165, 1.54) is 6.33 Å². The Labute approximate surface area is 138 Å². The van der Waals surface area contributed by atoms with Gasteiger partial charge in [0, 0.05) is 28.8 Å². The van der Waals surface area contributed by atoms with Gasteiger partial charge in [-0.2, -0.15) is 0 Å². The van der Waals surface area contributed by atoms with Crippen molar-refractivity contribution in [2.75, 3.05) is 42.3 Å². The number of aromatic nitrogens is 2.